The second-order valence-corrected chi connectivity index (χ2v) is 17.2. The molecule has 0 aliphatic rings. The summed E-state index contributed by atoms with van der Waals surface area (Å²) in [6.45, 7) is 0. The fourth-order valence-corrected chi connectivity index (χ4v) is 10.3. The molecular weight excluding hydrogens is 823 g/mol. The minimum atomic E-state index is -0.0664. The van der Waals surface area contributed by atoms with Crippen LogP contribution in [0.25, 0.3) is 32.3 Å². The quantitative estimate of drug-likeness (QED) is 0.0895. The van der Waals surface area contributed by atoms with Gasteiger partial charge in [0, 0.05) is 61.6 Å². The van der Waals surface area contributed by atoms with Crippen molar-refractivity contribution in [3.63, 3.8) is 0 Å². The van der Waals surface area contributed by atoms with E-state index in [-0.39, 0.29) is 5.92 Å². The fraction of sp³-hybridized carbons (Fsp3) is 0.0154. The Kier molecular flexibility index (Phi) is 10.6. The first-order valence-corrected chi connectivity index (χ1v) is 23.4. The van der Waals surface area contributed by atoms with Crippen LogP contribution >= 0.6 is 0 Å². The molecule has 0 fully saturated rings. The number of rotatable bonds is 12. The van der Waals surface area contributed by atoms with E-state index in [4.69, 9.17) is 0 Å². The molecule has 0 aromatic heterocycles. The summed E-state index contributed by atoms with van der Waals surface area (Å²) in [5, 5.41) is 7.17. The lowest BCUT2D eigenvalue weighted by atomic mass is 9.80. The minimum Gasteiger partial charge on any atom is -0.310 e. The van der Waals surface area contributed by atoms with E-state index < -0.39 is 0 Å². The summed E-state index contributed by atoms with van der Waals surface area (Å²) in [7, 11) is 0. The maximum Gasteiger partial charge on any atom is 0.0561 e. The summed E-state index contributed by atoms with van der Waals surface area (Å²) in [6, 6.07) is 101. The Balaban J connectivity index is 1.28. The standard InChI is InChI=1S/C65H47N3/c1-9-25-47(26-10-1)63(48-27-11-2-12-28-48)59-45-60(66(49-29-13-3-14-30-49)50-31-15-4-16-32-50)56-43-44-58-62(68(53-37-21-7-22-38-53)54-39-23-8-24-40-54)46-61(57-42-41-55(59)64(56)65(57)58)67(51-33-17-5-18-34-51)52-35-19-6-20-36-52/h1-46,63H. The minimum absolute atomic E-state index is 0.0664. The van der Waals surface area contributed by atoms with Crippen LogP contribution in [0.2, 0.25) is 0 Å². The zero-order valence-electron chi connectivity index (χ0n) is 37.5. The molecule has 0 heterocycles. The molecule has 0 bridgehead atoms. The second-order valence-electron chi connectivity index (χ2n) is 17.2. The lowest BCUT2D eigenvalue weighted by molar-refractivity contribution is 0.989. The van der Waals surface area contributed by atoms with Crippen molar-refractivity contribution in [1.29, 1.82) is 0 Å². The predicted molar refractivity (Wildman–Crippen MR) is 288 cm³/mol. The predicted octanol–water partition coefficient (Wildman–Crippen LogP) is 18.2. The molecule has 68 heavy (non-hydrogen) atoms. The molecule has 0 aliphatic heterocycles. The number of para-hydroxylation sites is 6. The molecule has 12 aromatic carbocycles. The van der Waals surface area contributed by atoms with E-state index in [0.717, 1.165) is 51.2 Å². The first-order valence-electron chi connectivity index (χ1n) is 23.4. The normalized spacial score (nSPS) is 11.4. The van der Waals surface area contributed by atoms with Gasteiger partial charge < -0.3 is 14.7 Å². The van der Waals surface area contributed by atoms with E-state index in [0.29, 0.717) is 0 Å². The van der Waals surface area contributed by atoms with E-state index >= 15 is 0 Å². The molecular formula is C65H47N3. The summed E-state index contributed by atoms with van der Waals surface area (Å²) >= 11 is 0. The number of hydrogen-bond donors (Lipinski definition) is 0. The van der Waals surface area contributed by atoms with Crippen molar-refractivity contribution in [3.05, 3.63) is 296 Å². The Morgan fingerprint density at radius 3 is 0.750 bits per heavy atom. The molecule has 0 saturated heterocycles. The van der Waals surface area contributed by atoms with E-state index in [1.165, 1.54) is 49.0 Å². The molecule has 0 spiro atoms. The highest BCUT2D eigenvalue weighted by Gasteiger charge is 2.29. The van der Waals surface area contributed by atoms with Crippen molar-refractivity contribution < 1.29 is 0 Å². The molecule has 0 saturated carbocycles. The van der Waals surface area contributed by atoms with Gasteiger partial charge in [0.1, 0.15) is 0 Å². The molecule has 3 nitrogen and oxygen atoms in total. The molecule has 0 N–H and O–H groups in total. The third-order valence-corrected chi connectivity index (χ3v) is 13.3. The third-order valence-electron chi connectivity index (χ3n) is 13.3. The van der Waals surface area contributed by atoms with Gasteiger partial charge in [-0.3, -0.25) is 0 Å². The summed E-state index contributed by atoms with van der Waals surface area (Å²) in [6.07, 6.45) is 0. The van der Waals surface area contributed by atoms with E-state index in [9.17, 15) is 0 Å². The molecule has 0 aliphatic carbocycles. The van der Waals surface area contributed by atoms with Gasteiger partial charge in [0.05, 0.1) is 17.1 Å². The van der Waals surface area contributed by atoms with Gasteiger partial charge in [0.15, 0.2) is 0 Å². The van der Waals surface area contributed by atoms with Gasteiger partial charge in [-0.2, -0.15) is 0 Å². The molecule has 0 atom stereocenters. The van der Waals surface area contributed by atoms with Crippen LogP contribution in [0.3, 0.4) is 0 Å². The molecule has 0 unspecified atom stereocenters. The van der Waals surface area contributed by atoms with Crippen molar-refractivity contribution in [2.24, 2.45) is 0 Å². The topological polar surface area (TPSA) is 9.72 Å². The average Bonchev–Trinajstić information content (AvgIpc) is 3.42. The highest BCUT2D eigenvalue weighted by Crippen LogP contribution is 2.54. The maximum atomic E-state index is 2.48. The van der Waals surface area contributed by atoms with Crippen molar-refractivity contribution in [1.82, 2.24) is 0 Å². The fourth-order valence-electron chi connectivity index (χ4n) is 10.3. The van der Waals surface area contributed by atoms with Crippen LogP contribution in [0.15, 0.2) is 279 Å². The van der Waals surface area contributed by atoms with Crippen LogP contribution in [-0.2, 0) is 0 Å². The van der Waals surface area contributed by atoms with Gasteiger partial charge in [-0.15, -0.1) is 0 Å². The number of benzene rings is 12. The number of hydrogen-bond acceptors (Lipinski definition) is 3. The highest BCUT2D eigenvalue weighted by atomic mass is 15.2. The monoisotopic (exact) mass is 869 g/mol. The van der Waals surface area contributed by atoms with E-state index in [1.807, 2.05) is 0 Å². The Hall–Kier alpha value is -8.92. The zero-order chi connectivity index (χ0) is 45.2. The molecule has 322 valence electrons. The summed E-state index contributed by atoms with van der Waals surface area (Å²) in [4.78, 5) is 7.31. The van der Waals surface area contributed by atoms with Crippen molar-refractivity contribution in [2.45, 2.75) is 5.92 Å². The Labute approximate surface area is 398 Å². The Morgan fingerprint density at radius 2 is 0.456 bits per heavy atom. The van der Waals surface area contributed by atoms with E-state index in [1.54, 1.807) is 0 Å². The lowest BCUT2D eigenvalue weighted by Gasteiger charge is -2.33. The van der Waals surface area contributed by atoms with Gasteiger partial charge in [0.2, 0.25) is 0 Å². The first kappa shape index (κ1) is 40.6. The average molecular weight is 870 g/mol. The van der Waals surface area contributed by atoms with Crippen LogP contribution in [0.1, 0.15) is 22.6 Å². The number of nitrogens with zero attached hydrogens (tertiary/aromatic N) is 3. The van der Waals surface area contributed by atoms with Crippen LogP contribution in [0.5, 0.6) is 0 Å². The Morgan fingerprint density at radius 1 is 0.221 bits per heavy atom. The SMILES string of the molecule is c1ccc(C(c2ccccc2)c2cc(N(c3ccccc3)c3ccccc3)c3ccc4c(N(c5ccccc5)c5ccccc5)cc(N(c5ccccc5)c5ccccc5)c5ccc2c3c54)cc1. The summed E-state index contributed by atoms with van der Waals surface area (Å²) in [5.41, 5.74) is 13.5. The van der Waals surface area contributed by atoms with Gasteiger partial charge in [-0.05, 0) is 112 Å². The molecule has 0 amide bonds. The van der Waals surface area contributed by atoms with Gasteiger partial charge in [-0.1, -0.05) is 194 Å². The third kappa shape index (κ3) is 7.28. The van der Waals surface area contributed by atoms with E-state index in [2.05, 4.69) is 294 Å². The molecule has 12 rings (SSSR count). The van der Waals surface area contributed by atoms with Crippen LogP contribution in [0, 0.1) is 0 Å². The summed E-state index contributed by atoms with van der Waals surface area (Å²) in [5.74, 6) is -0.0664. The van der Waals surface area contributed by atoms with Crippen LogP contribution in [-0.4, -0.2) is 0 Å². The molecule has 12 aromatic rings. The molecule has 0 radical (unpaired) electrons. The van der Waals surface area contributed by atoms with Gasteiger partial charge in [-0.25, -0.2) is 0 Å². The first-order chi connectivity index (χ1) is 33.8. The van der Waals surface area contributed by atoms with Crippen molar-refractivity contribution in [2.75, 3.05) is 14.7 Å². The smallest absolute Gasteiger partial charge is 0.0561 e. The van der Waals surface area contributed by atoms with Crippen molar-refractivity contribution >= 4 is 83.5 Å². The Bertz CT molecular complexity index is 2950. The number of anilines is 9. The molecule has 3 heteroatoms. The summed E-state index contributed by atoms with van der Waals surface area (Å²) < 4.78 is 0. The van der Waals surface area contributed by atoms with Crippen LogP contribution < -0.4 is 14.7 Å². The second kappa shape index (κ2) is 17.8. The zero-order valence-corrected chi connectivity index (χ0v) is 37.5. The van der Waals surface area contributed by atoms with Gasteiger partial charge in [0.25, 0.3) is 0 Å². The van der Waals surface area contributed by atoms with Gasteiger partial charge >= 0.3 is 0 Å². The lowest BCUT2D eigenvalue weighted by Crippen LogP contribution is -2.15. The van der Waals surface area contributed by atoms with Crippen LogP contribution in [0.4, 0.5) is 51.2 Å². The van der Waals surface area contributed by atoms with Crippen molar-refractivity contribution in [3.8, 4) is 0 Å². The highest BCUT2D eigenvalue weighted by molar-refractivity contribution is 6.31. The largest absolute Gasteiger partial charge is 0.310 e. The maximum absolute atomic E-state index is 2.48.